The number of aliphatic hydroxyl groups excluding tert-OH is 1. The highest BCUT2D eigenvalue weighted by atomic mass is 19.4. The van der Waals surface area contributed by atoms with E-state index in [4.69, 9.17) is 9.47 Å². The number of pyridine rings is 1. The third kappa shape index (κ3) is 6.02. The monoisotopic (exact) mass is 554 g/mol. The molecule has 1 amide bonds. The molecule has 3 fully saturated rings. The number of alkyl halides is 6. The first-order valence-electron chi connectivity index (χ1n) is 12.5. The van der Waals surface area contributed by atoms with Crippen molar-refractivity contribution in [2.75, 3.05) is 51.4 Å². The van der Waals surface area contributed by atoms with Crippen molar-refractivity contribution in [3.8, 4) is 0 Å². The Morgan fingerprint density at radius 1 is 1.21 bits per heavy atom. The first kappa shape index (κ1) is 28.8. The van der Waals surface area contributed by atoms with Crippen molar-refractivity contribution in [1.29, 1.82) is 0 Å². The van der Waals surface area contributed by atoms with Crippen LogP contribution < -0.4 is 10.2 Å². The van der Waals surface area contributed by atoms with Crippen LogP contribution in [0.5, 0.6) is 0 Å². The van der Waals surface area contributed by atoms with Gasteiger partial charge in [0.2, 0.25) is 5.91 Å². The lowest BCUT2D eigenvalue weighted by Gasteiger charge is -2.42. The van der Waals surface area contributed by atoms with Gasteiger partial charge in [0.1, 0.15) is 5.82 Å². The largest absolute Gasteiger partial charge is 0.416 e. The first-order valence-corrected chi connectivity index (χ1v) is 12.5. The molecule has 4 rings (SSSR count). The molecule has 5 atom stereocenters. The van der Waals surface area contributed by atoms with Gasteiger partial charge in [-0.2, -0.15) is 26.3 Å². The fourth-order valence-electron chi connectivity index (χ4n) is 5.75. The van der Waals surface area contributed by atoms with Crippen LogP contribution in [0.3, 0.4) is 0 Å². The zero-order valence-corrected chi connectivity index (χ0v) is 20.9. The summed E-state index contributed by atoms with van der Waals surface area (Å²) in [7, 11) is 1.53. The molecule has 0 spiro atoms. The summed E-state index contributed by atoms with van der Waals surface area (Å²) in [6.45, 7) is 1.00. The number of hydrogen-bond acceptors (Lipinski definition) is 7. The summed E-state index contributed by atoms with van der Waals surface area (Å²) in [5.41, 5.74) is -2.92. The molecule has 1 unspecified atom stereocenters. The molecule has 14 heteroatoms. The summed E-state index contributed by atoms with van der Waals surface area (Å²) in [4.78, 5) is 20.4. The molecule has 1 aromatic heterocycles. The Morgan fingerprint density at radius 3 is 2.55 bits per heavy atom. The molecule has 2 saturated heterocycles. The highest BCUT2D eigenvalue weighted by Crippen LogP contribution is 2.48. The molecule has 0 aromatic carbocycles. The molecule has 38 heavy (non-hydrogen) atoms. The predicted octanol–water partition coefficient (Wildman–Crippen LogP) is 2.60. The molecular formula is C24H32F6N4O4. The number of anilines is 1. The second kappa shape index (κ2) is 11.1. The number of halogens is 6. The number of amides is 1. The molecule has 0 bridgehead atoms. The van der Waals surface area contributed by atoms with E-state index in [0.717, 1.165) is 18.3 Å². The average molecular weight is 555 g/mol. The van der Waals surface area contributed by atoms with E-state index in [1.165, 1.54) is 12.0 Å². The Balaban J connectivity index is 1.46. The van der Waals surface area contributed by atoms with E-state index in [2.05, 4.69) is 10.3 Å². The minimum Gasteiger partial charge on any atom is -0.383 e. The highest BCUT2D eigenvalue weighted by Gasteiger charge is 2.61. The number of ether oxygens (including phenoxy) is 2. The van der Waals surface area contributed by atoms with Crippen molar-refractivity contribution < 1.29 is 45.7 Å². The standard InChI is InChI=1S/C24H32F6N4O4/c1-37-18-14-38-11-4-17(18)32-16-2-5-22(13-16,20(35)24(28,29)30)21(36)34-9-7-33(8-10-34)19-12-15(3-6-31-19)23(25,26)27/h3,6,12,16-18,20,32,35H,2,4-5,7-11,13-14H2,1H3/t16-,17+,18-,20?,22+/m1/s1. The number of nitrogens with one attached hydrogen (secondary N) is 1. The van der Waals surface area contributed by atoms with Gasteiger partial charge < -0.3 is 29.7 Å². The minimum atomic E-state index is -5.00. The second-order valence-electron chi connectivity index (χ2n) is 10.1. The quantitative estimate of drug-likeness (QED) is 0.523. The van der Waals surface area contributed by atoms with E-state index < -0.39 is 41.4 Å². The molecule has 1 saturated carbocycles. The third-order valence-electron chi connectivity index (χ3n) is 7.83. The van der Waals surface area contributed by atoms with Crippen LogP contribution in [0, 0.1) is 5.41 Å². The number of piperazine rings is 1. The lowest BCUT2D eigenvalue weighted by atomic mass is 9.77. The van der Waals surface area contributed by atoms with Gasteiger partial charge in [-0.15, -0.1) is 0 Å². The zero-order chi connectivity index (χ0) is 27.7. The van der Waals surface area contributed by atoms with Gasteiger partial charge in [-0.1, -0.05) is 0 Å². The van der Waals surface area contributed by atoms with E-state index in [1.54, 1.807) is 4.90 Å². The van der Waals surface area contributed by atoms with E-state index >= 15 is 0 Å². The summed E-state index contributed by atoms with van der Waals surface area (Å²) in [6.07, 6.45) is -11.1. The van der Waals surface area contributed by atoms with E-state index in [1.807, 2.05) is 0 Å². The van der Waals surface area contributed by atoms with Crippen LogP contribution in [0.25, 0.3) is 0 Å². The number of methoxy groups -OCH3 is 1. The fourth-order valence-corrected chi connectivity index (χ4v) is 5.75. The number of carbonyl (C=O) groups is 1. The molecular weight excluding hydrogens is 522 g/mol. The van der Waals surface area contributed by atoms with Crippen molar-refractivity contribution in [1.82, 2.24) is 15.2 Å². The molecule has 3 aliphatic rings. The van der Waals surface area contributed by atoms with Crippen LogP contribution >= 0.6 is 0 Å². The topological polar surface area (TPSA) is 87.2 Å². The minimum absolute atomic E-state index is 0.00705. The molecule has 3 heterocycles. The molecule has 1 aliphatic carbocycles. The normalized spacial score (nSPS) is 29.9. The van der Waals surface area contributed by atoms with Crippen LogP contribution in [-0.2, 0) is 20.4 Å². The van der Waals surface area contributed by atoms with Crippen molar-refractivity contribution in [2.24, 2.45) is 5.41 Å². The zero-order valence-electron chi connectivity index (χ0n) is 20.9. The summed E-state index contributed by atoms with van der Waals surface area (Å²) in [6, 6.07) is 1.16. The Hall–Kier alpha value is -2.16. The molecule has 2 N–H and O–H groups in total. The molecule has 1 aromatic rings. The maximum absolute atomic E-state index is 13.8. The number of aliphatic hydroxyl groups is 1. The van der Waals surface area contributed by atoms with Gasteiger partial charge in [-0.25, -0.2) is 4.98 Å². The van der Waals surface area contributed by atoms with Crippen LogP contribution in [0.15, 0.2) is 18.3 Å². The smallest absolute Gasteiger partial charge is 0.383 e. The molecule has 0 radical (unpaired) electrons. The summed E-state index contributed by atoms with van der Waals surface area (Å²) >= 11 is 0. The Kier molecular flexibility index (Phi) is 8.46. The SMILES string of the molecule is CO[C@@H]1COCC[C@@H]1N[C@@H]1CC[C@@](C(=O)N2CCN(c3cc(C(F)(F)F)ccn3)CC2)(C(O)C(F)(F)F)C1. The van der Waals surface area contributed by atoms with Gasteiger partial charge in [0.15, 0.2) is 6.10 Å². The van der Waals surface area contributed by atoms with E-state index in [0.29, 0.717) is 19.6 Å². The second-order valence-corrected chi connectivity index (χ2v) is 10.1. The third-order valence-corrected chi connectivity index (χ3v) is 7.83. The van der Waals surface area contributed by atoms with Gasteiger partial charge in [0, 0.05) is 58.2 Å². The van der Waals surface area contributed by atoms with Crippen LogP contribution in [0.4, 0.5) is 32.2 Å². The van der Waals surface area contributed by atoms with Gasteiger partial charge in [0.05, 0.1) is 23.7 Å². The lowest BCUT2D eigenvalue weighted by Crippen LogP contribution is -2.59. The van der Waals surface area contributed by atoms with Gasteiger partial charge >= 0.3 is 12.4 Å². The number of rotatable bonds is 6. The molecule has 2 aliphatic heterocycles. The van der Waals surface area contributed by atoms with Gasteiger partial charge in [-0.3, -0.25) is 4.79 Å². The maximum atomic E-state index is 13.8. The van der Waals surface area contributed by atoms with Gasteiger partial charge in [-0.05, 0) is 37.8 Å². The van der Waals surface area contributed by atoms with Crippen molar-refractivity contribution in [2.45, 2.75) is 62.3 Å². The predicted molar refractivity (Wildman–Crippen MR) is 123 cm³/mol. The number of nitrogens with zero attached hydrogens (tertiary/aromatic N) is 3. The van der Waals surface area contributed by atoms with Crippen molar-refractivity contribution in [3.05, 3.63) is 23.9 Å². The molecule has 214 valence electrons. The Bertz CT molecular complexity index is 972. The number of aromatic nitrogens is 1. The highest BCUT2D eigenvalue weighted by molar-refractivity contribution is 5.84. The van der Waals surface area contributed by atoms with E-state index in [-0.39, 0.29) is 63.4 Å². The Labute approximate surface area is 216 Å². The van der Waals surface area contributed by atoms with Gasteiger partial charge in [0.25, 0.3) is 0 Å². The summed E-state index contributed by atoms with van der Waals surface area (Å²) < 4.78 is 91.5. The number of carbonyl (C=O) groups excluding carboxylic acids is 1. The van der Waals surface area contributed by atoms with Crippen LogP contribution in [0.2, 0.25) is 0 Å². The summed E-state index contributed by atoms with van der Waals surface area (Å²) in [5, 5.41) is 13.7. The Morgan fingerprint density at radius 2 is 1.92 bits per heavy atom. The average Bonchev–Trinajstić information content (AvgIpc) is 3.32. The van der Waals surface area contributed by atoms with Crippen molar-refractivity contribution in [3.63, 3.8) is 0 Å². The number of hydrogen-bond donors (Lipinski definition) is 2. The van der Waals surface area contributed by atoms with Crippen molar-refractivity contribution >= 4 is 11.7 Å². The lowest BCUT2D eigenvalue weighted by molar-refractivity contribution is -0.239. The van der Waals surface area contributed by atoms with Crippen LogP contribution in [0.1, 0.15) is 31.2 Å². The molecule has 8 nitrogen and oxygen atoms in total. The van der Waals surface area contributed by atoms with E-state index in [9.17, 15) is 36.2 Å². The summed E-state index contributed by atoms with van der Waals surface area (Å²) in [5.74, 6) is -0.718. The first-order chi connectivity index (χ1) is 17.8. The maximum Gasteiger partial charge on any atom is 0.416 e. The van der Waals surface area contributed by atoms with Crippen LogP contribution in [-0.4, -0.2) is 97.9 Å². The fraction of sp³-hybridized carbons (Fsp3) is 0.750.